The summed E-state index contributed by atoms with van der Waals surface area (Å²) in [4.78, 5) is 60.8. The zero-order chi connectivity index (χ0) is 50.3. The van der Waals surface area contributed by atoms with E-state index in [0.717, 1.165) is 105 Å². The Kier molecular flexibility index (Phi) is 14.2. The molecule has 2 bridgehead atoms. The number of thiazole rings is 1. The van der Waals surface area contributed by atoms with E-state index in [9.17, 15) is 24.6 Å². The van der Waals surface area contributed by atoms with Crippen molar-refractivity contribution in [2.24, 2.45) is 11.3 Å². The lowest BCUT2D eigenvalue weighted by Crippen LogP contribution is -2.58. The molecule has 7 heterocycles. The first-order chi connectivity index (χ1) is 34.7. The number of benzene rings is 2. The van der Waals surface area contributed by atoms with Crippen LogP contribution in [0.2, 0.25) is 0 Å². The summed E-state index contributed by atoms with van der Waals surface area (Å²) in [6, 6.07) is 21.7. The number of anilines is 3. The molecule has 4 saturated heterocycles. The number of fused-ring (bicyclic) bond motifs is 2. The molecule has 1 saturated carbocycles. The van der Waals surface area contributed by atoms with Crippen molar-refractivity contribution in [3.63, 3.8) is 0 Å². The smallest absolute Gasteiger partial charge is 0.246 e. The van der Waals surface area contributed by atoms with Crippen molar-refractivity contribution in [2.75, 3.05) is 48.3 Å². The molecular weight excluding hydrogens is 927 g/mol. The Morgan fingerprint density at radius 3 is 2.19 bits per heavy atom. The minimum atomic E-state index is -0.856. The second kappa shape index (κ2) is 20.7. The Morgan fingerprint density at radius 2 is 1.54 bits per heavy atom. The zero-order valence-corrected chi connectivity index (χ0v) is 42.7. The molecule has 3 aromatic heterocycles. The van der Waals surface area contributed by atoms with E-state index in [4.69, 9.17) is 5.73 Å². The first-order valence-corrected chi connectivity index (χ1v) is 26.8. The maximum Gasteiger partial charge on any atom is 0.246 e. The number of carbonyl (C=O) groups is 3. The number of aliphatic hydroxyl groups is 1. The molecule has 6 N–H and O–H groups in total. The number of rotatable bonds is 12. The van der Waals surface area contributed by atoms with Crippen LogP contribution in [-0.4, -0.2) is 127 Å². The van der Waals surface area contributed by atoms with Crippen molar-refractivity contribution < 1.29 is 24.6 Å². The first-order valence-electron chi connectivity index (χ1n) is 25.9. The molecule has 5 aliphatic rings. The quantitative estimate of drug-likeness (QED) is 0.0888. The predicted octanol–water partition coefficient (Wildman–Crippen LogP) is 6.66. The third-order valence-electron chi connectivity index (χ3n) is 16.1. The number of aryl methyl sites for hydroxylation is 1. The van der Waals surface area contributed by atoms with E-state index < -0.39 is 23.6 Å². The lowest BCUT2D eigenvalue weighted by atomic mass is 9.81. The number of likely N-dealkylation sites (tertiary alicyclic amines) is 2. The second-order valence-corrected chi connectivity index (χ2v) is 22.7. The van der Waals surface area contributed by atoms with Crippen molar-refractivity contribution in [3.05, 3.63) is 95.3 Å². The molecule has 16 nitrogen and oxygen atoms in total. The van der Waals surface area contributed by atoms with Crippen molar-refractivity contribution in [3.8, 4) is 27.6 Å². The summed E-state index contributed by atoms with van der Waals surface area (Å²) in [6.45, 7) is 11.7. The van der Waals surface area contributed by atoms with Crippen molar-refractivity contribution in [1.82, 2.24) is 40.6 Å². The van der Waals surface area contributed by atoms with E-state index in [2.05, 4.69) is 69.8 Å². The maximum atomic E-state index is 14.3. The fraction of sp³-hybridized carbons (Fsp3) is 0.509. The molecule has 72 heavy (non-hydrogen) atoms. The third kappa shape index (κ3) is 10.4. The van der Waals surface area contributed by atoms with Gasteiger partial charge in [0.1, 0.15) is 17.8 Å². The average Bonchev–Trinajstić information content (AvgIpc) is 4.08. The number of hydrogen-bond acceptors (Lipinski definition) is 14. The number of hydrogen-bond donors (Lipinski definition) is 5. The van der Waals surface area contributed by atoms with Gasteiger partial charge in [-0.1, -0.05) is 51.1 Å². The van der Waals surface area contributed by atoms with Crippen LogP contribution in [0.4, 0.5) is 17.2 Å². The minimum absolute atomic E-state index is 0.0318. The summed E-state index contributed by atoms with van der Waals surface area (Å²) in [5, 5.41) is 35.9. The van der Waals surface area contributed by atoms with Gasteiger partial charge in [0.25, 0.3) is 0 Å². The van der Waals surface area contributed by atoms with Crippen molar-refractivity contribution >= 4 is 46.3 Å². The largest absolute Gasteiger partial charge is 0.507 e. The van der Waals surface area contributed by atoms with E-state index >= 15 is 0 Å². The van der Waals surface area contributed by atoms with Crippen LogP contribution in [-0.2, 0) is 20.9 Å². The molecular formula is C55H69N11O5S. The van der Waals surface area contributed by atoms with Gasteiger partial charge >= 0.3 is 0 Å². The fourth-order valence-electron chi connectivity index (χ4n) is 12.1. The number of β-amino-alcohol motifs (C(OH)–C–C–N with tert-alkyl or cyclic N) is 1. The van der Waals surface area contributed by atoms with Crippen LogP contribution in [0.5, 0.6) is 5.75 Å². The third-order valence-corrected chi connectivity index (χ3v) is 17.1. The summed E-state index contributed by atoms with van der Waals surface area (Å²) in [5.74, 6) is 0.0941. The number of phenolic OH excluding ortho intramolecular Hbond substituents is 1. The summed E-state index contributed by atoms with van der Waals surface area (Å²) in [5.41, 5.74) is 14.9. The van der Waals surface area contributed by atoms with Crippen LogP contribution in [0.25, 0.3) is 21.8 Å². The number of aliphatic hydroxyl groups excluding tert-OH is 1. The molecule has 0 spiro atoms. The molecule has 2 unspecified atom stereocenters. The number of nitrogen functional groups attached to an aromatic ring is 1. The highest BCUT2D eigenvalue weighted by molar-refractivity contribution is 7.13. The van der Waals surface area contributed by atoms with Crippen LogP contribution in [0.15, 0.2) is 78.4 Å². The molecule has 17 heteroatoms. The minimum Gasteiger partial charge on any atom is -0.507 e. The number of nitrogens with two attached hydrogens (primary N) is 1. The van der Waals surface area contributed by atoms with Gasteiger partial charge in [-0.05, 0) is 130 Å². The average molecular weight is 996 g/mol. The van der Waals surface area contributed by atoms with Crippen LogP contribution in [0.3, 0.4) is 0 Å². The second-order valence-electron chi connectivity index (χ2n) is 21.9. The number of carbonyl (C=O) groups excluding carboxylic acids is 3. The number of aromatic hydroxyl groups is 1. The van der Waals surface area contributed by atoms with Gasteiger partial charge in [-0.15, -0.1) is 21.5 Å². The van der Waals surface area contributed by atoms with Crippen LogP contribution >= 0.6 is 11.3 Å². The Labute approximate surface area is 426 Å². The normalized spacial score (nSPS) is 24.3. The number of para-hydroxylation sites is 1. The molecule has 10 rings (SSSR count). The van der Waals surface area contributed by atoms with Gasteiger partial charge in [-0.2, -0.15) is 0 Å². The summed E-state index contributed by atoms with van der Waals surface area (Å²) < 4.78 is 0. The molecule has 1 aliphatic carbocycles. The van der Waals surface area contributed by atoms with Gasteiger partial charge in [-0.25, -0.2) is 4.98 Å². The monoisotopic (exact) mass is 996 g/mol. The molecule has 5 aromatic rings. The van der Waals surface area contributed by atoms with E-state index in [1.807, 2.05) is 58.0 Å². The van der Waals surface area contributed by atoms with E-state index in [1.54, 1.807) is 23.8 Å². The lowest BCUT2D eigenvalue weighted by molar-refractivity contribution is -0.144. The number of nitrogens with zero attached hydrogens (tertiary/aromatic N) is 8. The number of piperazine rings is 1. The first kappa shape index (κ1) is 49.4. The van der Waals surface area contributed by atoms with E-state index in [1.165, 1.54) is 27.5 Å². The Bertz CT molecular complexity index is 2720. The Hall–Kier alpha value is -6.17. The van der Waals surface area contributed by atoms with Gasteiger partial charge in [0.15, 0.2) is 5.82 Å². The zero-order valence-electron chi connectivity index (χ0n) is 41.9. The van der Waals surface area contributed by atoms with Gasteiger partial charge in [0.2, 0.25) is 17.7 Å². The SMILES string of the molecule is Cc1ncsc1-c1ccc(CNC(=O)[C@@H]2C[C@@H](O)CN2C(=O)[C@@H](NC(=O)[C@H]2CC[C@H](N3CCC(c4ccc(N5C6CCC5CN(c5cc(-c7ccccc7O)nnc5N)C6)cc4)CC3)CC2)C(C)(C)C)cn1. The number of pyridine rings is 1. The fourth-order valence-corrected chi connectivity index (χ4v) is 12.9. The standard InChI is InChI=1S/C55H69N11O5S/c1-33-49(72-32-59-33)44-20-9-34(27-57-44)28-58-53(70)47-25-42(67)31-65(47)54(71)50(55(2,3)4)60-52(69)37-12-14-38(15-13-37)63-23-21-36(22-24-63)35-10-16-39(17-11-35)66-40-18-19-41(66)30-64(29-40)46-26-45(61-62-51(46)56)43-7-5-6-8-48(43)68/h5-11,16-17,20,26-27,32,36-38,40-42,47,50,67-68H,12-15,18-19,21-25,28-31H2,1-4H3,(H2,56,62)(H,58,70)(H,60,69)/t37-,38-,40?,41?,42-,47+,50-/m1/s1. The van der Waals surface area contributed by atoms with Crippen LogP contribution < -0.4 is 26.2 Å². The highest BCUT2D eigenvalue weighted by atomic mass is 32.1. The van der Waals surface area contributed by atoms with Gasteiger partial charge in [-0.3, -0.25) is 19.4 Å². The highest BCUT2D eigenvalue weighted by Gasteiger charge is 2.46. The Morgan fingerprint density at radius 1 is 0.833 bits per heavy atom. The number of piperidine rings is 1. The summed E-state index contributed by atoms with van der Waals surface area (Å²) >= 11 is 1.53. The molecule has 5 fully saturated rings. The summed E-state index contributed by atoms with van der Waals surface area (Å²) in [7, 11) is 0. The number of aromatic nitrogens is 4. The van der Waals surface area contributed by atoms with E-state index in [0.29, 0.717) is 41.1 Å². The van der Waals surface area contributed by atoms with Crippen LogP contribution in [0, 0.1) is 18.3 Å². The molecule has 4 aliphatic heterocycles. The number of nitrogens with one attached hydrogen (secondary N) is 2. The molecule has 0 radical (unpaired) electrons. The molecule has 3 amide bonds. The molecule has 2 aromatic carbocycles. The maximum absolute atomic E-state index is 14.3. The lowest BCUT2D eigenvalue weighted by Gasteiger charge is -2.44. The summed E-state index contributed by atoms with van der Waals surface area (Å²) in [6.07, 6.45) is 8.86. The molecule has 5 atom stereocenters. The van der Waals surface area contributed by atoms with Gasteiger partial charge in [0, 0.05) is 74.1 Å². The topological polar surface area (TPSA) is 206 Å². The van der Waals surface area contributed by atoms with Gasteiger partial charge < -0.3 is 46.2 Å². The van der Waals surface area contributed by atoms with Crippen LogP contribution in [0.1, 0.15) is 101 Å². The molecule has 380 valence electrons. The van der Waals surface area contributed by atoms with Gasteiger partial charge in [0.05, 0.1) is 39.3 Å². The van der Waals surface area contributed by atoms with E-state index in [-0.39, 0.29) is 48.9 Å². The predicted molar refractivity (Wildman–Crippen MR) is 280 cm³/mol. The van der Waals surface area contributed by atoms with Crippen molar-refractivity contribution in [1.29, 1.82) is 0 Å². The van der Waals surface area contributed by atoms with Crippen molar-refractivity contribution in [2.45, 2.75) is 134 Å². The highest BCUT2D eigenvalue weighted by Crippen LogP contribution is 2.41. The Balaban J connectivity index is 0.686. The number of phenols is 1. The number of amides is 3.